The first-order valence-corrected chi connectivity index (χ1v) is 9.33. The number of carbonyl (C=O) groups is 1. The van der Waals surface area contributed by atoms with Gasteiger partial charge in [-0.1, -0.05) is 13.0 Å². The van der Waals surface area contributed by atoms with E-state index in [-0.39, 0.29) is 22.6 Å². The highest BCUT2D eigenvalue weighted by Crippen LogP contribution is 2.64. The van der Waals surface area contributed by atoms with Gasteiger partial charge in [0.2, 0.25) is 0 Å². The van der Waals surface area contributed by atoms with Crippen molar-refractivity contribution < 1.29 is 14.3 Å². The lowest BCUT2D eigenvalue weighted by Crippen LogP contribution is -2.52. The van der Waals surface area contributed by atoms with E-state index in [4.69, 9.17) is 9.47 Å². The Morgan fingerprint density at radius 2 is 2.20 bits per heavy atom. The van der Waals surface area contributed by atoms with Crippen LogP contribution < -0.4 is 0 Å². The second-order valence-electron chi connectivity index (χ2n) is 8.62. The lowest BCUT2D eigenvalue weighted by atomic mass is 9.55. The maximum atomic E-state index is 12.3. The van der Waals surface area contributed by atoms with Crippen molar-refractivity contribution in [3.05, 3.63) is 41.7 Å². The second kappa shape index (κ2) is 5.66. The monoisotopic (exact) mass is 341 g/mol. The van der Waals surface area contributed by atoms with Crippen molar-refractivity contribution in [3.63, 3.8) is 0 Å². The minimum Gasteiger partial charge on any atom is -0.457 e. The van der Waals surface area contributed by atoms with Gasteiger partial charge in [-0.15, -0.1) is 0 Å². The van der Waals surface area contributed by atoms with Gasteiger partial charge in [0.25, 0.3) is 0 Å². The molecule has 0 aromatic carbocycles. The van der Waals surface area contributed by atoms with Crippen LogP contribution in [0.1, 0.15) is 63.2 Å². The fraction of sp³-hybridized carbons (Fsp3) is 0.619. The van der Waals surface area contributed by atoms with E-state index in [1.54, 1.807) is 24.5 Å². The predicted molar refractivity (Wildman–Crippen MR) is 95.2 cm³/mol. The molecular formula is C21H27NO3. The third kappa shape index (κ3) is 2.53. The summed E-state index contributed by atoms with van der Waals surface area (Å²) in [5.74, 6) is 0.262. The van der Waals surface area contributed by atoms with Gasteiger partial charge in [0.05, 0.1) is 16.8 Å². The Labute approximate surface area is 149 Å². The highest BCUT2D eigenvalue weighted by molar-refractivity contribution is 5.89. The van der Waals surface area contributed by atoms with E-state index >= 15 is 0 Å². The molecule has 3 aliphatic rings. The molecule has 134 valence electrons. The van der Waals surface area contributed by atoms with Crippen LogP contribution >= 0.6 is 0 Å². The maximum absolute atomic E-state index is 12.3. The molecule has 1 aliphatic heterocycles. The number of pyridine rings is 1. The van der Waals surface area contributed by atoms with Gasteiger partial charge in [-0.05, 0) is 69.6 Å². The Hall–Kier alpha value is -1.68. The van der Waals surface area contributed by atoms with Crippen LogP contribution in [0.4, 0.5) is 0 Å². The topological polar surface area (TPSA) is 48.4 Å². The standard InChI is InChI=1S/C21H27NO3/c1-19(2)16-8-10-20(3)9-4-7-17(21(20,12-16)25-19)14-24-18(23)15-6-5-11-22-13-15/h5-7,11,13,16H,4,8-10,12,14H2,1-3H3/t16-,20+,21+/m1/s1. The third-order valence-corrected chi connectivity index (χ3v) is 6.84. The molecule has 0 N–H and O–H groups in total. The summed E-state index contributed by atoms with van der Waals surface area (Å²) in [5.41, 5.74) is 1.42. The van der Waals surface area contributed by atoms with Crippen LogP contribution in [-0.4, -0.2) is 28.8 Å². The van der Waals surface area contributed by atoms with Crippen molar-refractivity contribution in [2.75, 3.05) is 6.61 Å². The number of rotatable bonds is 3. The van der Waals surface area contributed by atoms with Crippen molar-refractivity contribution in [2.24, 2.45) is 11.3 Å². The lowest BCUT2D eigenvalue weighted by Gasteiger charge is -2.52. The van der Waals surface area contributed by atoms with Gasteiger partial charge in [-0.25, -0.2) is 4.79 Å². The van der Waals surface area contributed by atoms with Crippen LogP contribution in [0.3, 0.4) is 0 Å². The molecule has 2 aliphatic carbocycles. The fourth-order valence-corrected chi connectivity index (χ4v) is 5.21. The molecule has 1 saturated heterocycles. The molecule has 4 rings (SSSR count). The molecule has 25 heavy (non-hydrogen) atoms. The van der Waals surface area contributed by atoms with Crippen LogP contribution in [0.25, 0.3) is 0 Å². The lowest BCUT2D eigenvalue weighted by molar-refractivity contribution is -0.134. The Morgan fingerprint density at radius 3 is 2.96 bits per heavy atom. The summed E-state index contributed by atoms with van der Waals surface area (Å²) >= 11 is 0. The largest absolute Gasteiger partial charge is 0.457 e. The number of fused-ring (bicyclic) bond motifs is 1. The van der Waals surface area contributed by atoms with Gasteiger partial charge in [-0.3, -0.25) is 4.98 Å². The number of aromatic nitrogens is 1. The van der Waals surface area contributed by atoms with Crippen molar-refractivity contribution >= 4 is 5.97 Å². The van der Waals surface area contributed by atoms with E-state index in [1.165, 1.54) is 12.8 Å². The van der Waals surface area contributed by atoms with Crippen LogP contribution in [0.15, 0.2) is 36.2 Å². The molecule has 1 spiro atoms. The Kier molecular flexibility index (Phi) is 3.80. The molecule has 0 amide bonds. The molecule has 3 atom stereocenters. The summed E-state index contributed by atoms with van der Waals surface area (Å²) in [7, 11) is 0. The first kappa shape index (κ1) is 16.8. The highest BCUT2D eigenvalue weighted by atomic mass is 16.5. The molecule has 2 fully saturated rings. The predicted octanol–water partition coefficient (Wildman–Crippen LogP) is 4.31. The summed E-state index contributed by atoms with van der Waals surface area (Å²) < 4.78 is 12.4. The molecule has 1 aromatic heterocycles. The zero-order valence-corrected chi connectivity index (χ0v) is 15.4. The van der Waals surface area contributed by atoms with Crippen molar-refractivity contribution in [3.8, 4) is 0 Å². The molecule has 4 heteroatoms. The van der Waals surface area contributed by atoms with Crippen LogP contribution in [0.2, 0.25) is 0 Å². The van der Waals surface area contributed by atoms with Crippen LogP contribution in [0, 0.1) is 11.3 Å². The maximum Gasteiger partial charge on any atom is 0.340 e. The molecule has 1 saturated carbocycles. The molecule has 0 unspecified atom stereocenters. The summed E-state index contributed by atoms with van der Waals surface area (Å²) in [6.07, 6.45) is 11.1. The van der Waals surface area contributed by atoms with Gasteiger partial charge in [0.15, 0.2) is 0 Å². The van der Waals surface area contributed by atoms with E-state index in [0.29, 0.717) is 18.1 Å². The molecular weight excluding hydrogens is 314 g/mol. The second-order valence-corrected chi connectivity index (χ2v) is 8.62. The van der Waals surface area contributed by atoms with E-state index < -0.39 is 0 Å². The average molecular weight is 341 g/mol. The van der Waals surface area contributed by atoms with E-state index in [0.717, 1.165) is 24.8 Å². The summed E-state index contributed by atoms with van der Waals surface area (Å²) in [6, 6.07) is 3.49. The first-order chi connectivity index (χ1) is 11.9. The van der Waals surface area contributed by atoms with Crippen LogP contribution in [-0.2, 0) is 9.47 Å². The third-order valence-electron chi connectivity index (χ3n) is 6.84. The minimum absolute atomic E-state index is 0.110. The summed E-state index contributed by atoms with van der Waals surface area (Å²) in [6.45, 7) is 7.10. The highest BCUT2D eigenvalue weighted by Gasteiger charge is 2.64. The number of allylic oxidation sites excluding steroid dienone is 1. The number of hydrogen-bond acceptors (Lipinski definition) is 4. The van der Waals surface area contributed by atoms with Crippen LogP contribution in [0.5, 0.6) is 0 Å². The fourth-order valence-electron chi connectivity index (χ4n) is 5.21. The van der Waals surface area contributed by atoms with E-state index in [9.17, 15) is 4.79 Å². The Bertz CT molecular complexity index is 711. The smallest absolute Gasteiger partial charge is 0.340 e. The minimum atomic E-state index is -0.317. The van der Waals surface area contributed by atoms with Gasteiger partial charge in [-0.2, -0.15) is 0 Å². The molecule has 2 bridgehead atoms. The zero-order chi connectivity index (χ0) is 17.7. The van der Waals surface area contributed by atoms with E-state index in [1.807, 2.05) is 0 Å². The number of esters is 1. The number of hydrogen-bond donors (Lipinski definition) is 0. The number of carbonyl (C=O) groups excluding carboxylic acids is 1. The normalized spacial score (nSPS) is 35.6. The van der Waals surface area contributed by atoms with E-state index in [2.05, 4.69) is 31.8 Å². The van der Waals surface area contributed by atoms with Crippen molar-refractivity contribution in [1.82, 2.24) is 4.98 Å². The number of ether oxygens (including phenoxy) is 2. The zero-order valence-electron chi connectivity index (χ0n) is 15.4. The van der Waals surface area contributed by atoms with Crippen molar-refractivity contribution in [2.45, 2.75) is 64.1 Å². The summed E-state index contributed by atoms with van der Waals surface area (Å²) in [4.78, 5) is 16.3. The van der Waals surface area contributed by atoms with Gasteiger partial charge >= 0.3 is 5.97 Å². The molecule has 4 nitrogen and oxygen atoms in total. The van der Waals surface area contributed by atoms with Gasteiger partial charge in [0, 0.05) is 17.8 Å². The van der Waals surface area contributed by atoms with Crippen molar-refractivity contribution in [1.29, 1.82) is 0 Å². The average Bonchev–Trinajstić information content (AvgIpc) is 2.83. The SMILES string of the molecule is CC1(C)O[C@]23C[C@H]1CC[C@]2(C)CCC=C3COC(=O)c1cccnc1. The Morgan fingerprint density at radius 1 is 1.36 bits per heavy atom. The number of nitrogens with zero attached hydrogens (tertiary/aromatic N) is 1. The molecule has 1 aromatic rings. The first-order valence-electron chi connectivity index (χ1n) is 9.33. The molecule has 0 radical (unpaired) electrons. The summed E-state index contributed by atoms with van der Waals surface area (Å²) in [5, 5.41) is 0. The van der Waals surface area contributed by atoms with Gasteiger partial charge in [0.1, 0.15) is 6.61 Å². The Balaban J connectivity index is 1.57. The quantitative estimate of drug-likeness (QED) is 0.607. The molecule has 2 heterocycles. The van der Waals surface area contributed by atoms with Gasteiger partial charge < -0.3 is 9.47 Å².